The molecule has 0 spiro atoms. The molecule has 1 aromatic carbocycles. The monoisotopic (exact) mass is 390 g/mol. The van der Waals surface area contributed by atoms with E-state index in [9.17, 15) is 8.42 Å². The normalized spacial score (nSPS) is 27.6. The lowest BCUT2D eigenvalue weighted by Gasteiger charge is -2.38. The number of benzene rings is 1. The Morgan fingerprint density at radius 3 is 2.48 bits per heavy atom. The van der Waals surface area contributed by atoms with E-state index in [1.165, 1.54) is 12.8 Å². The number of sulfonamides is 1. The summed E-state index contributed by atoms with van der Waals surface area (Å²) in [6.45, 7) is 6.14. The predicted octanol–water partition coefficient (Wildman–Crippen LogP) is 3.96. The average molecular weight is 391 g/mol. The van der Waals surface area contributed by atoms with Crippen LogP contribution in [0.4, 0.5) is 0 Å². The summed E-state index contributed by atoms with van der Waals surface area (Å²) in [5, 5.41) is 0. The maximum atomic E-state index is 12.0. The summed E-state index contributed by atoms with van der Waals surface area (Å²) >= 11 is 0. The minimum atomic E-state index is -3.31. The molecule has 2 heterocycles. The highest BCUT2D eigenvalue weighted by molar-refractivity contribution is 7.90. The van der Waals surface area contributed by atoms with Gasteiger partial charge < -0.3 is 9.64 Å². The van der Waals surface area contributed by atoms with Crippen LogP contribution in [0.15, 0.2) is 28.7 Å². The highest BCUT2D eigenvalue weighted by atomic mass is 32.2. The van der Waals surface area contributed by atoms with Crippen molar-refractivity contribution in [2.75, 3.05) is 18.8 Å². The van der Waals surface area contributed by atoms with Crippen LogP contribution < -0.4 is 4.74 Å². The number of piperidine rings is 1. The van der Waals surface area contributed by atoms with Crippen LogP contribution in [-0.2, 0) is 10.0 Å². The zero-order valence-corrected chi connectivity index (χ0v) is 17.2. The van der Waals surface area contributed by atoms with Crippen molar-refractivity contribution < 1.29 is 13.2 Å². The van der Waals surface area contributed by atoms with Crippen LogP contribution in [0.3, 0.4) is 0 Å². The van der Waals surface area contributed by atoms with E-state index in [1.54, 1.807) is 0 Å². The Morgan fingerprint density at radius 2 is 1.78 bits per heavy atom. The quantitative estimate of drug-likeness (QED) is 0.784. The Bertz CT molecular complexity index is 804. The van der Waals surface area contributed by atoms with Crippen LogP contribution in [0.1, 0.15) is 63.9 Å². The summed E-state index contributed by atoms with van der Waals surface area (Å²) in [4.78, 5) is 2.14. The van der Waals surface area contributed by atoms with Crippen molar-refractivity contribution in [3.63, 3.8) is 0 Å². The van der Waals surface area contributed by atoms with Gasteiger partial charge in [-0.3, -0.25) is 0 Å². The van der Waals surface area contributed by atoms with Crippen molar-refractivity contribution in [3.05, 3.63) is 29.8 Å². The molecule has 0 bridgehead atoms. The molecule has 1 atom stereocenters. The zero-order valence-electron chi connectivity index (χ0n) is 16.4. The van der Waals surface area contributed by atoms with Crippen molar-refractivity contribution in [1.29, 1.82) is 0 Å². The first-order valence-corrected chi connectivity index (χ1v) is 11.8. The van der Waals surface area contributed by atoms with Gasteiger partial charge in [-0.25, -0.2) is 8.42 Å². The smallest absolute Gasteiger partial charge is 0.256 e. The number of nitrogens with zero attached hydrogens (tertiary/aromatic N) is 2. The molecule has 1 aliphatic carbocycles. The summed E-state index contributed by atoms with van der Waals surface area (Å²) in [5.74, 6) is 1.84. The molecule has 6 heteroatoms. The second kappa shape index (κ2) is 7.12. The molecule has 2 aliphatic heterocycles. The number of amidine groups is 1. The topological polar surface area (TPSA) is 59.0 Å². The van der Waals surface area contributed by atoms with Gasteiger partial charge in [0.1, 0.15) is 11.6 Å². The number of rotatable bonds is 3. The molecule has 0 amide bonds. The van der Waals surface area contributed by atoms with Crippen molar-refractivity contribution in [2.24, 2.45) is 9.81 Å². The third-order valence-electron chi connectivity index (χ3n) is 6.28. The number of ether oxygens (including phenoxy) is 1. The Balaban J connectivity index is 1.46. The zero-order chi connectivity index (χ0) is 19.1. The van der Waals surface area contributed by atoms with E-state index in [4.69, 9.17) is 4.74 Å². The number of hydrogen-bond donors (Lipinski definition) is 0. The molecule has 0 radical (unpaired) electrons. The summed E-state index contributed by atoms with van der Waals surface area (Å²) < 4.78 is 34.2. The van der Waals surface area contributed by atoms with Gasteiger partial charge in [0.25, 0.3) is 10.0 Å². The van der Waals surface area contributed by atoms with E-state index < -0.39 is 10.0 Å². The standard InChI is InChI=1S/C21H30N2O3S/c1-21(2)11-9-18(10-12-21)26-17-7-5-16(6-8-17)19-4-3-13-23-14-15-27(24,25)22-20(19)23/h5-8,18-19H,3-4,9-15H2,1-2H3. The highest BCUT2D eigenvalue weighted by Crippen LogP contribution is 2.37. The van der Waals surface area contributed by atoms with E-state index in [1.807, 2.05) is 12.1 Å². The summed E-state index contributed by atoms with van der Waals surface area (Å²) in [6.07, 6.45) is 6.97. The number of hydrogen-bond acceptors (Lipinski definition) is 4. The van der Waals surface area contributed by atoms with Gasteiger partial charge in [0.05, 0.1) is 11.9 Å². The lowest BCUT2D eigenvalue weighted by atomic mass is 9.76. The summed E-state index contributed by atoms with van der Waals surface area (Å²) in [6, 6.07) is 8.23. The third-order valence-corrected chi connectivity index (χ3v) is 7.44. The molecule has 0 N–H and O–H groups in total. The fourth-order valence-electron chi connectivity index (χ4n) is 4.49. The van der Waals surface area contributed by atoms with Crippen molar-refractivity contribution >= 4 is 15.9 Å². The molecule has 4 rings (SSSR count). The maximum absolute atomic E-state index is 12.0. The van der Waals surface area contributed by atoms with Crippen LogP contribution in [0.5, 0.6) is 5.75 Å². The van der Waals surface area contributed by atoms with E-state index in [2.05, 4.69) is 35.3 Å². The van der Waals surface area contributed by atoms with Gasteiger partial charge in [0.2, 0.25) is 0 Å². The summed E-state index contributed by atoms with van der Waals surface area (Å²) in [5.41, 5.74) is 1.57. The first kappa shape index (κ1) is 18.8. The summed E-state index contributed by atoms with van der Waals surface area (Å²) in [7, 11) is -3.31. The van der Waals surface area contributed by atoms with E-state index in [-0.39, 0.29) is 11.7 Å². The van der Waals surface area contributed by atoms with Crippen LogP contribution in [-0.4, -0.2) is 44.1 Å². The molecule has 27 heavy (non-hydrogen) atoms. The van der Waals surface area contributed by atoms with Crippen molar-refractivity contribution in [3.8, 4) is 5.75 Å². The fraction of sp³-hybridized carbons (Fsp3) is 0.667. The van der Waals surface area contributed by atoms with Gasteiger partial charge in [-0.15, -0.1) is 4.40 Å². The van der Waals surface area contributed by atoms with Gasteiger partial charge in [0, 0.05) is 19.0 Å². The first-order valence-electron chi connectivity index (χ1n) is 10.2. The molecule has 0 aromatic heterocycles. The van der Waals surface area contributed by atoms with Gasteiger partial charge >= 0.3 is 0 Å². The second-order valence-corrected chi connectivity index (χ2v) is 10.7. The van der Waals surface area contributed by atoms with Gasteiger partial charge in [-0.1, -0.05) is 26.0 Å². The molecule has 1 saturated carbocycles. The largest absolute Gasteiger partial charge is 0.490 e. The lowest BCUT2D eigenvalue weighted by molar-refractivity contribution is 0.0987. The van der Waals surface area contributed by atoms with Crippen LogP contribution in [0, 0.1) is 5.41 Å². The third kappa shape index (κ3) is 4.31. The minimum Gasteiger partial charge on any atom is -0.490 e. The maximum Gasteiger partial charge on any atom is 0.256 e. The van der Waals surface area contributed by atoms with Gasteiger partial charge in [-0.2, -0.15) is 0 Å². The van der Waals surface area contributed by atoms with Crippen LogP contribution >= 0.6 is 0 Å². The predicted molar refractivity (Wildman–Crippen MR) is 108 cm³/mol. The molecule has 1 unspecified atom stereocenters. The molecule has 2 fully saturated rings. The minimum absolute atomic E-state index is 0.0679. The molecule has 3 aliphatic rings. The molecular weight excluding hydrogens is 360 g/mol. The molecule has 148 valence electrons. The number of fused-ring (bicyclic) bond motifs is 1. The van der Waals surface area contributed by atoms with Gasteiger partial charge in [0.15, 0.2) is 0 Å². The molecule has 5 nitrogen and oxygen atoms in total. The first-order chi connectivity index (χ1) is 12.8. The Hall–Kier alpha value is -1.56. The SMILES string of the molecule is CC1(C)CCC(Oc2ccc(C3CCCN4CCS(=O)(=O)N=C34)cc2)CC1. The average Bonchev–Trinajstić information content (AvgIpc) is 2.63. The van der Waals surface area contributed by atoms with Crippen LogP contribution in [0.25, 0.3) is 0 Å². The Morgan fingerprint density at radius 1 is 1.07 bits per heavy atom. The fourth-order valence-corrected chi connectivity index (χ4v) is 5.56. The van der Waals surface area contributed by atoms with Gasteiger partial charge in [-0.05, 0) is 61.6 Å². The van der Waals surface area contributed by atoms with Crippen molar-refractivity contribution in [1.82, 2.24) is 4.90 Å². The highest BCUT2D eigenvalue weighted by Gasteiger charge is 2.33. The lowest BCUT2D eigenvalue weighted by Crippen LogP contribution is -2.46. The van der Waals surface area contributed by atoms with E-state index in [0.717, 1.165) is 49.4 Å². The van der Waals surface area contributed by atoms with E-state index in [0.29, 0.717) is 18.1 Å². The molecular formula is C21H30N2O3S. The molecule has 1 aromatic rings. The van der Waals surface area contributed by atoms with Crippen LogP contribution in [0.2, 0.25) is 0 Å². The Labute approximate surface area is 162 Å². The van der Waals surface area contributed by atoms with Crippen molar-refractivity contribution in [2.45, 2.75) is 64.4 Å². The second-order valence-electron chi connectivity index (χ2n) is 8.97. The molecule has 1 saturated heterocycles. The Kier molecular flexibility index (Phi) is 4.95. The van der Waals surface area contributed by atoms with E-state index >= 15 is 0 Å².